The highest BCUT2D eigenvalue weighted by molar-refractivity contribution is 6.03. The van der Waals surface area contributed by atoms with E-state index in [1.54, 1.807) is 24.3 Å². The van der Waals surface area contributed by atoms with Gasteiger partial charge in [-0.15, -0.1) is 0 Å². The highest BCUT2D eigenvalue weighted by atomic mass is 16.6. The summed E-state index contributed by atoms with van der Waals surface area (Å²) in [5.41, 5.74) is 0.337. The van der Waals surface area contributed by atoms with Crippen LogP contribution in [0, 0.1) is 11.8 Å². The monoisotopic (exact) mass is 679 g/mol. The molecule has 0 N–H and O–H groups in total. The standard InChI is InChI=1S/C40H70O8/c1-5-9-19-35(7-3)21-13-11-17-25-43-27-29-45-31-33-47-39(41)37-23-15-16-24-38(37)40(42)48-34-32-46-30-28-44-26-18-12-14-22-36(8-4)20-10-6-2/h15-16,23-24,35-36H,5-14,17-22,25-34H2,1-4H3. The minimum Gasteiger partial charge on any atom is -0.460 e. The maximum atomic E-state index is 12.6. The molecule has 0 saturated carbocycles. The van der Waals surface area contributed by atoms with Gasteiger partial charge in [-0.05, 0) is 36.8 Å². The average molecular weight is 679 g/mol. The Morgan fingerprint density at radius 2 is 0.812 bits per heavy atom. The zero-order chi connectivity index (χ0) is 34.9. The maximum absolute atomic E-state index is 12.6. The third kappa shape index (κ3) is 23.4. The number of carbonyl (C=O) groups excluding carboxylic acids is 2. The zero-order valence-corrected chi connectivity index (χ0v) is 31.1. The first-order chi connectivity index (χ1) is 23.6. The Hall–Kier alpha value is -2.00. The summed E-state index contributed by atoms with van der Waals surface area (Å²) in [6, 6.07) is 6.50. The Labute approximate surface area is 293 Å². The van der Waals surface area contributed by atoms with Crippen molar-refractivity contribution in [1.82, 2.24) is 0 Å². The second-order valence-electron chi connectivity index (χ2n) is 12.8. The van der Waals surface area contributed by atoms with Crippen molar-refractivity contribution in [2.24, 2.45) is 11.8 Å². The number of rotatable bonds is 34. The van der Waals surface area contributed by atoms with Gasteiger partial charge >= 0.3 is 11.9 Å². The maximum Gasteiger partial charge on any atom is 0.339 e. The molecule has 2 atom stereocenters. The third-order valence-corrected chi connectivity index (χ3v) is 8.92. The van der Waals surface area contributed by atoms with Crippen molar-refractivity contribution >= 4 is 11.9 Å². The Balaban J connectivity index is 2.07. The molecule has 1 aromatic carbocycles. The lowest BCUT2D eigenvalue weighted by Crippen LogP contribution is -2.18. The van der Waals surface area contributed by atoms with E-state index in [0.29, 0.717) is 26.4 Å². The van der Waals surface area contributed by atoms with Gasteiger partial charge in [-0.1, -0.05) is 130 Å². The quantitative estimate of drug-likeness (QED) is 0.0526. The normalized spacial score (nSPS) is 12.6. The summed E-state index contributed by atoms with van der Waals surface area (Å²) in [7, 11) is 0. The fourth-order valence-electron chi connectivity index (χ4n) is 5.74. The molecule has 278 valence electrons. The van der Waals surface area contributed by atoms with Gasteiger partial charge in [0.15, 0.2) is 0 Å². The molecule has 0 aromatic heterocycles. The van der Waals surface area contributed by atoms with E-state index in [9.17, 15) is 9.59 Å². The Bertz CT molecular complexity index is 821. The zero-order valence-electron chi connectivity index (χ0n) is 31.1. The molecule has 48 heavy (non-hydrogen) atoms. The summed E-state index contributed by atoms with van der Waals surface area (Å²) in [5, 5.41) is 0. The molecule has 0 aliphatic carbocycles. The third-order valence-electron chi connectivity index (χ3n) is 8.92. The van der Waals surface area contributed by atoms with Gasteiger partial charge in [-0.2, -0.15) is 0 Å². The molecule has 0 aliphatic rings. The van der Waals surface area contributed by atoms with Gasteiger partial charge in [-0.25, -0.2) is 9.59 Å². The minimum atomic E-state index is -0.586. The first-order valence-electron chi connectivity index (χ1n) is 19.3. The summed E-state index contributed by atoms with van der Waals surface area (Å²) in [6.07, 6.45) is 20.3. The topological polar surface area (TPSA) is 89.5 Å². The molecular formula is C40H70O8. The van der Waals surface area contributed by atoms with Crippen molar-refractivity contribution in [1.29, 1.82) is 0 Å². The number of esters is 2. The molecule has 0 bridgehead atoms. The van der Waals surface area contributed by atoms with Crippen LogP contribution in [0.1, 0.15) is 151 Å². The van der Waals surface area contributed by atoms with Crippen LogP contribution in [0.5, 0.6) is 0 Å². The highest BCUT2D eigenvalue weighted by Gasteiger charge is 2.19. The summed E-state index contributed by atoms with van der Waals surface area (Å²) in [6.45, 7) is 13.3. The Morgan fingerprint density at radius 1 is 0.458 bits per heavy atom. The Kier molecular flexibility index (Phi) is 29.5. The van der Waals surface area contributed by atoms with Crippen LogP contribution < -0.4 is 0 Å². The van der Waals surface area contributed by atoms with E-state index in [0.717, 1.165) is 37.9 Å². The second-order valence-corrected chi connectivity index (χ2v) is 12.8. The molecule has 0 radical (unpaired) electrons. The van der Waals surface area contributed by atoms with Gasteiger partial charge in [-0.3, -0.25) is 0 Å². The van der Waals surface area contributed by atoms with E-state index in [2.05, 4.69) is 27.7 Å². The number of carbonyl (C=O) groups is 2. The minimum absolute atomic E-state index is 0.0904. The molecule has 0 spiro atoms. The van der Waals surface area contributed by atoms with Crippen LogP contribution in [0.2, 0.25) is 0 Å². The van der Waals surface area contributed by atoms with Crippen LogP contribution in [-0.2, 0) is 28.4 Å². The Morgan fingerprint density at radius 3 is 1.19 bits per heavy atom. The highest BCUT2D eigenvalue weighted by Crippen LogP contribution is 2.21. The van der Waals surface area contributed by atoms with E-state index in [1.807, 2.05) is 0 Å². The molecule has 0 saturated heterocycles. The number of hydrogen-bond acceptors (Lipinski definition) is 8. The molecule has 8 heteroatoms. The molecular weight excluding hydrogens is 608 g/mol. The number of hydrogen-bond donors (Lipinski definition) is 0. The van der Waals surface area contributed by atoms with Gasteiger partial charge in [0, 0.05) is 13.2 Å². The molecule has 0 aliphatic heterocycles. The van der Waals surface area contributed by atoms with Gasteiger partial charge in [0.05, 0.1) is 50.8 Å². The number of ether oxygens (including phenoxy) is 6. The largest absolute Gasteiger partial charge is 0.460 e. The predicted octanol–water partition coefficient (Wildman–Crippen LogP) is 9.62. The fourth-order valence-corrected chi connectivity index (χ4v) is 5.74. The van der Waals surface area contributed by atoms with Gasteiger partial charge in [0.2, 0.25) is 0 Å². The van der Waals surface area contributed by atoms with E-state index in [-0.39, 0.29) is 37.6 Å². The average Bonchev–Trinajstić information content (AvgIpc) is 3.11. The molecule has 0 heterocycles. The lowest BCUT2D eigenvalue weighted by molar-refractivity contribution is 0.0119. The van der Waals surface area contributed by atoms with Crippen molar-refractivity contribution in [2.75, 3.05) is 66.1 Å². The van der Waals surface area contributed by atoms with Crippen LogP contribution in [0.3, 0.4) is 0 Å². The predicted molar refractivity (Wildman–Crippen MR) is 194 cm³/mol. The lowest BCUT2D eigenvalue weighted by Gasteiger charge is -2.14. The summed E-state index contributed by atoms with van der Waals surface area (Å²) in [4.78, 5) is 25.3. The van der Waals surface area contributed by atoms with E-state index in [4.69, 9.17) is 28.4 Å². The van der Waals surface area contributed by atoms with Gasteiger partial charge < -0.3 is 28.4 Å². The van der Waals surface area contributed by atoms with Crippen molar-refractivity contribution in [3.63, 3.8) is 0 Å². The van der Waals surface area contributed by atoms with Crippen LogP contribution >= 0.6 is 0 Å². The van der Waals surface area contributed by atoms with Crippen molar-refractivity contribution in [3.05, 3.63) is 35.4 Å². The van der Waals surface area contributed by atoms with Gasteiger partial charge in [0.1, 0.15) is 13.2 Å². The van der Waals surface area contributed by atoms with Crippen molar-refractivity contribution < 1.29 is 38.0 Å². The molecule has 0 fully saturated rings. The van der Waals surface area contributed by atoms with Crippen LogP contribution in [0.4, 0.5) is 0 Å². The fraction of sp³-hybridized carbons (Fsp3) is 0.800. The van der Waals surface area contributed by atoms with Crippen molar-refractivity contribution in [3.8, 4) is 0 Å². The smallest absolute Gasteiger partial charge is 0.339 e. The second kappa shape index (κ2) is 32.2. The first-order valence-corrected chi connectivity index (χ1v) is 19.3. The summed E-state index contributed by atoms with van der Waals surface area (Å²) < 4.78 is 33.1. The summed E-state index contributed by atoms with van der Waals surface area (Å²) in [5.74, 6) is 0.579. The van der Waals surface area contributed by atoms with E-state index in [1.165, 1.54) is 89.9 Å². The number of benzene rings is 1. The molecule has 2 unspecified atom stereocenters. The number of unbranched alkanes of at least 4 members (excludes halogenated alkanes) is 6. The van der Waals surface area contributed by atoms with Crippen LogP contribution in [0.25, 0.3) is 0 Å². The molecule has 1 rings (SSSR count). The van der Waals surface area contributed by atoms with Crippen LogP contribution in [-0.4, -0.2) is 78.0 Å². The first kappa shape index (κ1) is 44.0. The van der Waals surface area contributed by atoms with E-state index < -0.39 is 11.9 Å². The van der Waals surface area contributed by atoms with Crippen LogP contribution in [0.15, 0.2) is 24.3 Å². The van der Waals surface area contributed by atoms with Crippen molar-refractivity contribution in [2.45, 2.75) is 130 Å². The molecule has 8 nitrogen and oxygen atoms in total. The van der Waals surface area contributed by atoms with Gasteiger partial charge in [0.25, 0.3) is 0 Å². The lowest BCUT2D eigenvalue weighted by atomic mass is 9.93. The summed E-state index contributed by atoms with van der Waals surface area (Å²) >= 11 is 0. The SMILES string of the molecule is CCCCC(CC)CCCCCOCCOCCOC(=O)c1ccccc1C(=O)OCCOCCOCCCCCC(CC)CCCC. The molecule has 0 amide bonds. The molecule has 1 aromatic rings. The van der Waals surface area contributed by atoms with E-state index >= 15 is 0 Å².